The summed E-state index contributed by atoms with van der Waals surface area (Å²) in [7, 11) is -0.372. The minimum absolute atomic E-state index is 0.347. The Hall–Kier alpha value is -1.69. The highest BCUT2D eigenvalue weighted by Gasteiger charge is 2.52. The number of fused-ring (bicyclic) bond motifs is 1. The summed E-state index contributed by atoms with van der Waals surface area (Å²) in [4.78, 5) is 4.70. The van der Waals surface area contributed by atoms with Gasteiger partial charge in [-0.05, 0) is 62.0 Å². The van der Waals surface area contributed by atoms with Gasteiger partial charge in [0.15, 0.2) is 0 Å². The first kappa shape index (κ1) is 16.8. The molecule has 0 bridgehead atoms. The van der Waals surface area contributed by atoms with Crippen molar-refractivity contribution in [2.75, 3.05) is 13.2 Å². The third-order valence-electron chi connectivity index (χ3n) is 5.60. The molecule has 0 amide bonds. The van der Waals surface area contributed by atoms with Gasteiger partial charge in [0.1, 0.15) is 0 Å². The Morgan fingerprint density at radius 1 is 1.08 bits per heavy atom. The summed E-state index contributed by atoms with van der Waals surface area (Å²) in [6.07, 6.45) is 4.98. The van der Waals surface area contributed by atoms with Gasteiger partial charge in [-0.25, -0.2) is 0 Å². The molecule has 0 N–H and O–H groups in total. The van der Waals surface area contributed by atoms with Crippen molar-refractivity contribution >= 4 is 28.9 Å². The Morgan fingerprint density at radius 2 is 1.84 bits per heavy atom. The van der Waals surface area contributed by atoms with Crippen LogP contribution < -0.4 is 5.46 Å². The second-order valence-corrected chi connectivity index (χ2v) is 7.78. The molecule has 1 fully saturated rings. The van der Waals surface area contributed by atoms with Gasteiger partial charge in [0, 0.05) is 6.20 Å². The minimum Gasteiger partial charge on any atom is -0.399 e. The zero-order valence-electron chi connectivity index (χ0n) is 15.3. The molecule has 4 rings (SSSR count). The highest BCUT2D eigenvalue weighted by Crippen LogP contribution is 2.37. The van der Waals surface area contributed by atoms with Gasteiger partial charge in [-0.15, -0.1) is 0 Å². The first-order chi connectivity index (χ1) is 11.9. The molecule has 1 aromatic heterocycles. The van der Waals surface area contributed by atoms with E-state index in [0.29, 0.717) is 6.61 Å². The number of rotatable bonds is 2. The molecule has 1 aromatic carbocycles. The zero-order chi connectivity index (χ0) is 17.7. The summed E-state index contributed by atoms with van der Waals surface area (Å²) in [5.41, 5.74) is 2.63. The molecule has 3 heterocycles. The Kier molecular flexibility index (Phi) is 3.98. The molecule has 0 unspecified atom stereocenters. The van der Waals surface area contributed by atoms with Crippen molar-refractivity contribution in [3.63, 3.8) is 0 Å². The lowest BCUT2D eigenvalue weighted by molar-refractivity contribution is 0.00578. The van der Waals surface area contributed by atoms with Crippen molar-refractivity contribution in [3.8, 4) is 0 Å². The zero-order valence-corrected chi connectivity index (χ0v) is 15.3. The lowest BCUT2D eigenvalue weighted by Gasteiger charge is -2.32. The van der Waals surface area contributed by atoms with Gasteiger partial charge in [-0.2, -0.15) is 0 Å². The lowest BCUT2D eigenvalue weighted by Crippen LogP contribution is -2.41. The molecule has 0 atom stereocenters. The summed E-state index contributed by atoms with van der Waals surface area (Å²) in [6.45, 7) is 9.74. The Labute approximate surface area is 149 Å². The van der Waals surface area contributed by atoms with Crippen LogP contribution in [0.25, 0.3) is 16.3 Å². The lowest BCUT2D eigenvalue weighted by atomic mass is 9.76. The highest BCUT2D eigenvalue weighted by molar-refractivity contribution is 6.65. The van der Waals surface area contributed by atoms with Crippen LogP contribution in [-0.4, -0.2) is 36.5 Å². The van der Waals surface area contributed by atoms with Crippen molar-refractivity contribution < 1.29 is 14.0 Å². The average molecular weight is 337 g/mol. The molecule has 2 aliphatic heterocycles. The normalized spacial score (nSPS) is 22.2. The van der Waals surface area contributed by atoms with Gasteiger partial charge >= 0.3 is 7.12 Å². The number of hydrogen-bond acceptors (Lipinski definition) is 4. The molecule has 2 aromatic rings. The second-order valence-electron chi connectivity index (χ2n) is 7.78. The summed E-state index contributed by atoms with van der Waals surface area (Å²) >= 11 is 0. The molecule has 0 saturated carbocycles. The third kappa shape index (κ3) is 2.90. The number of pyridine rings is 1. The number of aromatic nitrogens is 1. The van der Waals surface area contributed by atoms with Crippen LogP contribution >= 0.6 is 0 Å². The Balaban J connectivity index is 1.73. The van der Waals surface area contributed by atoms with Gasteiger partial charge in [-0.1, -0.05) is 24.3 Å². The van der Waals surface area contributed by atoms with E-state index >= 15 is 0 Å². The van der Waals surface area contributed by atoms with Gasteiger partial charge in [0.25, 0.3) is 0 Å². The fraction of sp³-hybridized carbons (Fsp3) is 0.450. The predicted molar refractivity (Wildman–Crippen MR) is 101 cm³/mol. The van der Waals surface area contributed by atoms with E-state index < -0.39 is 0 Å². The van der Waals surface area contributed by atoms with Crippen LogP contribution in [0.2, 0.25) is 0 Å². The van der Waals surface area contributed by atoms with Gasteiger partial charge in [-0.3, -0.25) is 4.98 Å². The largest absolute Gasteiger partial charge is 0.495 e. The van der Waals surface area contributed by atoms with Crippen LogP contribution in [0.4, 0.5) is 0 Å². The topological polar surface area (TPSA) is 40.6 Å². The number of ether oxygens (including phenoxy) is 1. The maximum absolute atomic E-state index is 6.23. The highest BCUT2D eigenvalue weighted by atomic mass is 16.7. The number of benzene rings is 1. The van der Waals surface area contributed by atoms with Crippen molar-refractivity contribution in [2.45, 2.75) is 45.3 Å². The number of hydrogen-bond donors (Lipinski definition) is 0. The van der Waals surface area contributed by atoms with Gasteiger partial charge < -0.3 is 14.0 Å². The van der Waals surface area contributed by atoms with E-state index in [9.17, 15) is 0 Å². The summed E-state index contributed by atoms with van der Waals surface area (Å²) in [5.74, 6) is 0. The van der Waals surface area contributed by atoms with Gasteiger partial charge in [0.2, 0.25) is 0 Å². The van der Waals surface area contributed by atoms with Crippen LogP contribution in [0.15, 0.2) is 36.5 Å². The molecule has 25 heavy (non-hydrogen) atoms. The maximum Gasteiger partial charge on any atom is 0.495 e. The van der Waals surface area contributed by atoms with E-state index in [4.69, 9.17) is 19.0 Å². The van der Waals surface area contributed by atoms with Crippen molar-refractivity contribution in [1.29, 1.82) is 0 Å². The minimum atomic E-state index is -0.372. The first-order valence-electron chi connectivity index (χ1n) is 8.89. The van der Waals surface area contributed by atoms with Crippen LogP contribution in [0, 0.1) is 0 Å². The molecular weight excluding hydrogens is 313 g/mol. The molecular formula is C20H24BNO3. The van der Waals surface area contributed by atoms with E-state index in [0.717, 1.165) is 35.0 Å². The first-order valence-corrected chi connectivity index (χ1v) is 8.89. The van der Waals surface area contributed by atoms with Crippen molar-refractivity contribution in [3.05, 3.63) is 42.2 Å². The molecule has 4 nitrogen and oxygen atoms in total. The van der Waals surface area contributed by atoms with E-state index in [-0.39, 0.29) is 18.3 Å². The Morgan fingerprint density at radius 3 is 2.52 bits per heavy atom. The third-order valence-corrected chi connectivity index (χ3v) is 5.60. The van der Waals surface area contributed by atoms with Crippen LogP contribution in [0.1, 0.15) is 39.8 Å². The van der Waals surface area contributed by atoms with E-state index in [1.165, 1.54) is 5.57 Å². The van der Waals surface area contributed by atoms with Crippen LogP contribution in [-0.2, 0) is 14.0 Å². The molecule has 5 heteroatoms. The van der Waals surface area contributed by atoms with Crippen LogP contribution in [0.3, 0.4) is 0 Å². The monoisotopic (exact) mass is 337 g/mol. The van der Waals surface area contributed by atoms with Crippen LogP contribution in [0.5, 0.6) is 0 Å². The predicted octanol–water partition coefficient (Wildman–Crippen LogP) is 3.34. The summed E-state index contributed by atoms with van der Waals surface area (Å²) in [6, 6.07) is 8.40. The molecule has 1 saturated heterocycles. The second kappa shape index (κ2) is 5.94. The van der Waals surface area contributed by atoms with Gasteiger partial charge in [0.05, 0.1) is 30.1 Å². The fourth-order valence-electron chi connectivity index (χ4n) is 3.31. The van der Waals surface area contributed by atoms with E-state index in [2.05, 4.69) is 58.0 Å². The van der Waals surface area contributed by atoms with Crippen molar-refractivity contribution in [2.24, 2.45) is 0 Å². The standard InChI is InChI=1S/C20H24BNO3/c1-19(2)20(3,4)25-21(24-19)17-7-5-6-15-12-18(22-13-16(15)17)14-8-10-23-11-9-14/h5-8,12-13H,9-11H2,1-4H3. The Bertz CT molecular complexity index is 828. The molecule has 0 aliphatic carbocycles. The fourth-order valence-corrected chi connectivity index (χ4v) is 3.31. The summed E-state index contributed by atoms with van der Waals surface area (Å²) in [5, 5.41) is 2.24. The van der Waals surface area contributed by atoms with Crippen molar-refractivity contribution in [1.82, 2.24) is 4.98 Å². The van der Waals surface area contributed by atoms with E-state index in [1.807, 2.05) is 6.20 Å². The SMILES string of the molecule is CC1(C)OB(c2cccc3cc(C4=CCOCC4)ncc23)OC1(C)C. The smallest absolute Gasteiger partial charge is 0.399 e. The molecule has 0 spiro atoms. The summed E-state index contributed by atoms with van der Waals surface area (Å²) < 4.78 is 17.9. The maximum atomic E-state index is 6.23. The quantitative estimate of drug-likeness (QED) is 0.788. The number of nitrogens with zero attached hydrogens (tertiary/aromatic N) is 1. The average Bonchev–Trinajstić information content (AvgIpc) is 2.82. The van der Waals surface area contributed by atoms with E-state index in [1.54, 1.807) is 0 Å². The molecule has 0 radical (unpaired) electrons. The molecule has 2 aliphatic rings. The molecule has 130 valence electrons.